The Balaban J connectivity index is 1.28. The number of hydrogen-bond donors (Lipinski definition) is 2. The molecule has 0 saturated carbocycles. The molecule has 2 aliphatic rings. The molecule has 2 fully saturated rings. The predicted octanol–water partition coefficient (Wildman–Crippen LogP) is 3.64. The van der Waals surface area contributed by atoms with Crippen molar-refractivity contribution in [2.45, 2.75) is 37.1 Å². The van der Waals surface area contributed by atoms with Gasteiger partial charge in [-0.2, -0.15) is 13.2 Å². The van der Waals surface area contributed by atoms with Crippen LogP contribution in [-0.2, 0) is 26.9 Å². The van der Waals surface area contributed by atoms with Crippen LogP contribution in [0.1, 0.15) is 11.1 Å². The molecular weight excluding hydrogens is 439 g/mol. The summed E-state index contributed by atoms with van der Waals surface area (Å²) in [5, 5.41) is 5.77. The molecule has 7 nitrogen and oxygen atoms in total. The number of rotatable bonds is 6. The number of amides is 1. The van der Waals surface area contributed by atoms with Gasteiger partial charge in [-0.3, -0.25) is 5.32 Å². The number of ether oxygens (including phenoxy) is 3. The van der Waals surface area contributed by atoms with Crippen LogP contribution in [0.3, 0.4) is 0 Å². The summed E-state index contributed by atoms with van der Waals surface area (Å²) in [5.41, 5.74) is 1.38. The minimum atomic E-state index is -4.50. The molecule has 4 rings (SSSR count). The summed E-state index contributed by atoms with van der Waals surface area (Å²) < 4.78 is 55.6. The van der Waals surface area contributed by atoms with E-state index in [4.69, 9.17) is 14.2 Å². The van der Waals surface area contributed by atoms with E-state index < -0.39 is 30.0 Å². The van der Waals surface area contributed by atoms with Crippen LogP contribution in [0.2, 0.25) is 0 Å². The molecule has 1 amide bonds. The molecule has 0 spiro atoms. The average Bonchev–Trinajstić information content (AvgIpc) is 3.35. The molecule has 2 saturated heterocycles. The average molecular weight is 465 g/mol. The highest BCUT2D eigenvalue weighted by molar-refractivity contribution is 5.84. The Bertz CT molecular complexity index is 968. The number of hydrogen-bond acceptors (Lipinski definition) is 6. The number of alkyl halides is 3. The van der Waals surface area contributed by atoms with Gasteiger partial charge in [0.25, 0.3) is 0 Å². The second kappa shape index (κ2) is 9.58. The number of carbonyl (C=O) groups is 1. The zero-order valence-corrected chi connectivity index (χ0v) is 18.3. The van der Waals surface area contributed by atoms with Gasteiger partial charge in [0.2, 0.25) is 0 Å². The maximum absolute atomic E-state index is 12.9. The van der Waals surface area contributed by atoms with Crippen molar-refractivity contribution in [1.82, 2.24) is 5.32 Å². The fourth-order valence-corrected chi connectivity index (χ4v) is 3.96. The van der Waals surface area contributed by atoms with E-state index in [-0.39, 0.29) is 24.4 Å². The highest BCUT2D eigenvalue weighted by atomic mass is 19.4. The second-order valence-electron chi connectivity index (χ2n) is 8.29. The van der Waals surface area contributed by atoms with Gasteiger partial charge < -0.3 is 24.4 Å². The fraction of sp³-hybridized carbons (Fsp3) is 0.435. The number of nitrogens with one attached hydrogen (secondary N) is 2. The minimum Gasteiger partial charge on any atom is -0.441 e. The Morgan fingerprint density at radius 2 is 1.82 bits per heavy atom. The van der Waals surface area contributed by atoms with Crippen molar-refractivity contribution in [3.8, 4) is 0 Å². The number of halogens is 3. The summed E-state index contributed by atoms with van der Waals surface area (Å²) in [4.78, 5) is 14.3. The van der Waals surface area contributed by atoms with E-state index in [2.05, 4.69) is 22.8 Å². The second-order valence-corrected chi connectivity index (χ2v) is 8.29. The van der Waals surface area contributed by atoms with Crippen molar-refractivity contribution in [2.24, 2.45) is 0 Å². The molecule has 4 atom stereocenters. The number of benzene rings is 2. The molecule has 33 heavy (non-hydrogen) atoms. The van der Waals surface area contributed by atoms with Crippen molar-refractivity contribution < 1.29 is 32.2 Å². The maximum Gasteiger partial charge on any atom is 0.416 e. The highest BCUT2D eigenvalue weighted by Gasteiger charge is 2.49. The fourth-order valence-electron chi connectivity index (χ4n) is 3.96. The Hall–Kier alpha value is -2.82. The quantitative estimate of drug-likeness (QED) is 0.679. The molecule has 10 heteroatoms. The van der Waals surface area contributed by atoms with Gasteiger partial charge >= 0.3 is 12.3 Å². The van der Waals surface area contributed by atoms with Crippen LogP contribution in [0, 0.1) is 0 Å². The third-order valence-corrected chi connectivity index (χ3v) is 5.72. The van der Waals surface area contributed by atoms with Crippen LogP contribution >= 0.6 is 0 Å². The van der Waals surface area contributed by atoms with E-state index in [0.717, 1.165) is 23.4 Å². The lowest BCUT2D eigenvalue weighted by molar-refractivity contribution is -0.137. The van der Waals surface area contributed by atoms with Crippen molar-refractivity contribution >= 4 is 17.5 Å². The Morgan fingerprint density at radius 3 is 2.52 bits per heavy atom. The zero-order valence-electron chi connectivity index (χ0n) is 18.3. The van der Waals surface area contributed by atoms with Crippen LogP contribution in [0.4, 0.5) is 29.3 Å². The third kappa shape index (κ3) is 5.58. The minimum absolute atomic E-state index is 0.00235. The van der Waals surface area contributed by atoms with Gasteiger partial charge in [-0.15, -0.1) is 0 Å². The number of nitrogens with zero attached hydrogens (tertiary/aromatic N) is 1. The molecule has 2 heterocycles. The summed E-state index contributed by atoms with van der Waals surface area (Å²) >= 11 is 0. The van der Waals surface area contributed by atoms with Gasteiger partial charge in [0.05, 0.1) is 24.8 Å². The lowest BCUT2D eigenvalue weighted by atomic mass is 10.1. The normalized spacial score (nSPS) is 24.4. The van der Waals surface area contributed by atoms with Crippen molar-refractivity contribution in [2.75, 3.05) is 37.5 Å². The van der Waals surface area contributed by atoms with E-state index in [1.165, 1.54) is 12.1 Å². The lowest BCUT2D eigenvalue weighted by Gasteiger charge is -2.18. The molecule has 2 aromatic carbocycles. The van der Waals surface area contributed by atoms with Gasteiger partial charge in [-0.25, -0.2) is 4.79 Å². The molecule has 178 valence electrons. The molecule has 0 radical (unpaired) electrons. The Morgan fingerprint density at radius 1 is 1.09 bits per heavy atom. The van der Waals surface area contributed by atoms with E-state index in [0.29, 0.717) is 13.2 Å². The molecule has 2 N–H and O–H groups in total. The van der Waals surface area contributed by atoms with Crippen LogP contribution in [0.25, 0.3) is 0 Å². The SMILES string of the molecule is CN(C)c1ccc(CN[C@@H]2CO[C@@H]3[C@@H]2OC[C@H]3OC(=O)Nc2cccc(C(F)(F)F)c2)cc1. The first kappa shape index (κ1) is 23.3. The van der Waals surface area contributed by atoms with E-state index in [9.17, 15) is 18.0 Å². The van der Waals surface area contributed by atoms with Crippen LogP contribution in [-0.4, -0.2) is 57.8 Å². The van der Waals surface area contributed by atoms with Crippen molar-refractivity contribution in [1.29, 1.82) is 0 Å². The summed E-state index contributed by atoms with van der Waals surface area (Å²) in [5.74, 6) is 0. The maximum atomic E-state index is 12.9. The summed E-state index contributed by atoms with van der Waals surface area (Å²) in [6.07, 6.45) is -6.72. The first-order chi connectivity index (χ1) is 15.7. The van der Waals surface area contributed by atoms with Gasteiger partial charge in [0.1, 0.15) is 12.2 Å². The first-order valence-corrected chi connectivity index (χ1v) is 10.6. The van der Waals surface area contributed by atoms with Gasteiger partial charge in [-0.1, -0.05) is 18.2 Å². The number of carbonyl (C=O) groups excluding carboxylic acids is 1. The largest absolute Gasteiger partial charge is 0.441 e. The van der Waals surface area contributed by atoms with Crippen LogP contribution in [0.15, 0.2) is 48.5 Å². The molecule has 2 aliphatic heterocycles. The molecule has 0 bridgehead atoms. The van der Waals surface area contributed by atoms with Gasteiger partial charge in [0.15, 0.2) is 6.10 Å². The monoisotopic (exact) mass is 465 g/mol. The predicted molar refractivity (Wildman–Crippen MR) is 116 cm³/mol. The molecule has 0 unspecified atom stereocenters. The molecule has 0 aliphatic carbocycles. The molecule has 0 aromatic heterocycles. The summed E-state index contributed by atoms with van der Waals surface area (Å²) in [7, 11) is 3.97. The zero-order chi connectivity index (χ0) is 23.6. The number of anilines is 2. The lowest BCUT2D eigenvalue weighted by Crippen LogP contribution is -2.41. The van der Waals surface area contributed by atoms with Crippen LogP contribution in [0.5, 0.6) is 0 Å². The van der Waals surface area contributed by atoms with Crippen molar-refractivity contribution in [3.05, 3.63) is 59.7 Å². The van der Waals surface area contributed by atoms with E-state index in [1.807, 2.05) is 31.1 Å². The third-order valence-electron chi connectivity index (χ3n) is 5.72. The van der Waals surface area contributed by atoms with Crippen LogP contribution < -0.4 is 15.5 Å². The molecule has 2 aromatic rings. The smallest absolute Gasteiger partial charge is 0.416 e. The van der Waals surface area contributed by atoms with Gasteiger partial charge in [0, 0.05) is 32.0 Å². The van der Waals surface area contributed by atoms with E-state index >= 15 is 0 Å². The Labute approximate surface area is 189 Å². The summed E-state index contributed by atoms with van der Waals surface area (Å²) in [6.45, 7) is 1.19. The summed E-state index contributed by atoms with van der Waals surface area (Å²) in [6, 6.07) is 12.5. The Kier molecular flexibility index (Phi) is 6.78. The first-order valence-electron chi connectivity index (χ1n) is 10.6. The topological polar surface area (TPSA) is 72.1 Å². The van der Waals surface area contributed by atoms with Gasteiger partial charge in [-0.05, 0) is 35.9 Å². The standard InChI is InChI=1S/C23H26F3N3O4/c1-29(2)17-8-6-14(7-9-17)11-27-18-12-31-21-19(13-32-20(18)21)33-22(30)28-16-5-3-4-15(10-16)23(24,25)26/h3-10,18-21,27H,11-13H2,1-2H3,(H,28,30)/t18-,19-,20-,21+/m1/s1. The highest BCUT2D eigenvalue weighted by Crippen LogP contribution is 2.32. The van der Waals surface area contributed by atoms with Crippen molar-refractivity contribution in [3.63, 3.8) is 0 Å². The van der Waals surface area contributed by atoms with E-state index in [1.54, 1.807) is 0 Å². The number of fused-ring (bicyclic) bond motifs is 1. The molecular formula is C23H26F3N3O4.